The maximum atomic E-state index is 9.39. The molecule has 21 heavy (non-hydrogen) atoms. The molecule has 4 heteroatoms. The first-order chi connectivity index (χ1) is 10.0. The van der Waals surface area contributed by atoms with E-state index in [1.165, 1.54) is 0 Å². The smallest absolute Gasteiger partial charge is 0.0999 e. The van der Waals surface area contributed by atoms with Crippen LogP contribution in [0.5, 0.6) is 0 Å². The fourth-order valence-corrected chi connectivity index (χ4v) is 2.55. The van der Waals surface area contributed by atoms with E-state index in [1.807, 2.05) is 43.3 Å². The van der Waals surface area contributed by atoms with Crippen LogP contribution < -0.4 is 4.90 Å². The fraction of sp³-hybridized carbons (Fsp3) is 0.118. The summed E-state index contributed by atoms with van der Waals surface area (Å²) in [4.78, 5) is 2.02. The van der Waals surface area contributed by atoms with Crippen LogP contribution >= 0.6 is 23.2 Å². The van der Waals surface area contributed by atoms with Crippen molar-refractivity contribution >= 4 is 40.5 Å². The van der Waals surface area contributed by atoms with Crippen LogP contribution in [0.25, 0.3) is 11.6 Å². The third-order valence-corrected chi connectivity index (χ3v) is 3.70. The molecule has 0 aliphatic carbocycles. The molecular weight excluding hydrogens is 303 g/mol. The van der Waals surface area contributed by atoms with Crippen LogP contribution in [0, 0.1) is 11.3 Å². The summed E-state index contributed by atoms with van der Waals surface area (Å²) in [5, 5.41) is 10.3. The van der Waals surface area contributed by atoms with E-state index in [9.17, 15) is 5.26 Å². The van der Waals surface area contributed by atoms with Crippen molar-refractivity contribution in [3.8, 4) is 6.07 Å². The second-order valence-electron chi connectivity index (χ2n) is 4.75. The minimum Gasteiger partial charge on any atom is -0.378 e. The maximum Gasteiger partial charge on any atom is 0.0999 e. The SMILES string of the molecule is CN(C)c1ccc(C=C(C#N)c2c(Cl)cccc2Cl)cc1. The van der Waals surface area contributed by atoms with Crippen molar-refractivity contribution in [2.45, 2.75) is 0 Å². The summed E-state index contributed by atoms with van der Waals surface area (Å²) in [6, 6.07) is 15.3. The third-order valence-electron chi connectivity index (χ3n) is 3.07. The maximum absolute atomic E-state index is 9.39. The van der Waals surface area contributed by atoms with Gasteiger partial charge in [-0.1, -0.05) is 41.4 Å². The molecule has 0 radical (unpaired) electrons. The predicted molar refractivity (Wildman–Crippen MR) is 90.7 cm³/mol. The van der Waals surface area contributed by atoms with Crippen LogP contribution in [0.1, 0.15) is 11.1 Å². The number of anilines is 1. The average molecular weight is 317 g/mol. The Hall–Kier alpha value is -1.95. The molecule has 2 aromatic carbocycles. The Balaban J connectivity index is 2.44. The van der Waals surface area contributed by atoms with Crippen LogP contribution in [0.2, 0.25) is 10.0 Å². The van der Waals surface area contributed by atoms with Gasteiger partial charge in [-0.05, 0) is 35.9 Å². The monoisotopic (exact) mass is 316 g/mol. The van der Waals surface area contributed by atoms with Gasteiger partial charge >= 0.3 is 0 Å². The van der Waals surface area contributed by atoms with Gasteiger partial charge in [-0.15, -0.1) is 0 Å². The third kappa shape index (κ3) is 3.58. The van der Waals surface area contributed by atoms with Gasteiger partial charge in [0.1, 0.15) is 0 Å². The number of nitrogens with zero attached hydrogens (tertiary/aromatic N) is 2. The number of benzene rings is 2. The molecule has 0 aromatic heterocycles. The highest BCUT2D eigenvalue weighted by molar-refractivity contribution is 6.38. The van der Waals surface area contributed by atoms with E-state index >= 15 is 0 Å². The lowest BCUT2D eigenvalue weighted by atomic mass is 10.0. The number of nitriles is 1. The van der Waals surface area contributed by atoms with Crippen molar-refractivity contribution in [3.63, 3.8) is 0 Å². The molecule has 2 nitrogen and oxygen atoms in total. The van der Waals surface area contributed by atoms with E-state index in [-0.39, 0.29) is 0 Å². The topological polar surface area (TPSA) is 27.0 Å². The highest BCUT2D eigenvalue weighted by atomic mass is 35.5. The van der Waals surface area contributed by atoms with E-state index < -0.39 is 0 Å². The second kappa shape index (κ2) is 6.67. The van der Waals surface area contributed by atoms with Crippen molar-refractivity contribution in [1.29, 1.82) is 5.26 Å². The molecule has 0 fully saturated rings. The summed E-state index contributed by atoms with van der Waals surface area (Å²) < 4.78 is 0. The van der Waals surface area contributed by atoms with Gasteiger partial charge in [-0.3, -0.25) is 0 Å². The second-order valence-corrected chi connectivity index (χ2v) is 5.57. The molecule has 2 rings (SSSR count). The average Bonchev–Trinajstić information content (AvgIpc) is 2.46. The lowest BCUT2D eigenvalue weighted by Gasteiger charge is -2.12. The molecule has 0 N–H and O–H groups in total. The molecule has 0 unspecified atom stereocenters. The lowest BCUT2D eigenvalue weighted by Crippen LogP contribution is -2.07. The molecule has 0 bridgehead atoms. The molecule has 0 aliphatic rings. The molecule has 0 spiro atoms. The van der Waals surface area contributed by atoms with Crippen molar-refractivity contribution in [3.05, 3.63) is 63.6 Å². The number of hydrogen-bond donors (Lipinski definition) is 0. The van der Waals surface area contributed by atoms with Gasteiger partial charge in [0.25, 0.3) is 0 Å². The number of rotatable bonds is 3. The largest absolute Gasteiger partial charge is 0.378 e. The van der Waals surface area contributed by atoms with Gasteiger partial charge in [0.2, 0.25) is 0 Å². The van der Waals surface area contributed by atoms with Gasteiger partial charge in [0.05, 0.1) is 21.7 Å². The van der Waals surface area contributed by atoms with Crippen molar-refractivity contribution in [2.75, 3.05) is 19.0 Å². The van der Waals surface area contributed by atoms with Gasteiger partial charge in [0, 0.05) is 25.3 Å². The van der Waals surface area contributed by atoms with E-state index in [1.54, 1.807) is 24.3 Å². The van der Waals surface area contributed by atoms with Crippen molar-refractivity contribution < 1.29 is 0 Å². The first-order valence-electron chi connectivity index (χ1n) is 6.36. The minimum atomic E-state index is 0.447. The zero-order valence-electron chi connectivity index (χ0n) is 11.8. The first kappa shape index (κ1) is 15.4. The summed E-state index contributed by atoms with van der Waals surface area (Å²) in [6.07, 6.45) is 1.78. The lowest BCUT2D eigenvalue weighted by molar-refractivity contribution is 1.13. The minimum absolute atomic E-state index is 0.447. The summed E-state index contributed by atoms with van der Waals surface area (Å²) in [5.74, 6) is 0. The Bertz CT molecular complexity index is 690. The Morgan fingerprint density at radius 3 is 2.10 bits per heavy atom. The standard InChI is InChI=1S/C17H14Cl2N2/c1-21(2)14-8-6-12(7-9-14)10-13(11-20)17-15(18)4-3-5-16(17)19/h3-10H,1-2H3. The summed E-state index contributed by atoms with van der Waals surface area (Å²) >= 11 is 12.3. The Morgan fingerprint density at radius 2 is 1.62 bits per heavy atom. The van der Waals surface area contributed by atoms with Crippen molar-refractivity contribution in [1.82, 2.24) is 0 Å². The quantitative estimate of drug-likeness (QED) is 0.580. The molecule has 0 saturated heterocycles. The summed E-state index contributed by atoms with van der Waals surface area (Å²) in [7, 11) is 3.96. The van der Waals surface area contributed by atoms with Crippen LogP contribution in [-0.4, -0.2) is 14.1 Å². The Labute approximate surface area is 134 Å². The molecule has 0 aliphatic heterocycles. The molecule has 2 aromatic rings. The molecule has 0 amide bonds. The first-order valence-corrected chi connectivity index (χ1v) is 7.12. The normalized spacial score (nSPS) is 11.1. The predicted octanol–water partition coefficient (Wildman–Crippen LogP) is 5.12. The number of allylic oxidation sites excluding steroid dienone is 1. The summed E-state index contributed by atoms with van der Waals surface area (Å²) in [5.41, 5.74) is 3.04. The van der Waals surface area contributed by atoms with E-state index in [4.69, 9.17) is 23.2 Å². The summed E-state index contributed by atoms with van der Waals surface area (Å²) in [6.45, 7) is 0. The highest BCUT2D eigenvalue weighted by Crippen LogP contribution is 2.32. The zero-order chi connectivity index (χ0) is 15.4. The fourth-order valence-electron chi connectivity index (χ4n) is 1.95. The molecule has 106 valence electrons. The Morgan fingerprint density at radius 1 is 1.05 bits per heavy atom. The molecule has 0 saturated carbocycles. The number of halogens is 2. The van der Waals surface area contributed by atoms with Crippen LogP contribution in [0.15, 0.2) is 42.5 Å². The van der Waals surface area contributed by atoms with Crippen LogP contribution in [-0.2, 0) is 0 Å². The number of hydrogen-bond acceptors (Lipinski definition) is 2. The van der Waals surface area contributed by atoms with Gasteiger partial charge in [-0.25, -0.2) is 0 Å². The molecular formula is C17H14Cl2N2. The van der Waals surface area contributed by atoms with Crippen molar-refractivity contribution in [2.24, 2.45) is 0 Å². The van der Waals surface area contributed by atoms with E-state index in [2.05, 4.69) is 6.07 Å². The molecule has 0 heterocycles. The zero-order valence-corrected chi connectivity index (χ0v) is 13.3. The van der Waals surface area contributed by atoms with Gasteiger partial charge in [0.15, 0.2) is 0 Å². The van der Waals surface area contributed by atoms with Gasteiger partial charge < -0.3 is 4.90 Å². The van der Waals surface area contributed by atoms with E-state index in [0.717, 1.165) is 11.3 Å². The van der Waals surface area contributed by atoms with Gasteiger partial charge in [-0.2, -0.15) is 5.26 Å². The Kier molecular flexibility index (Phi) is 4.90. The highest BCUT2D eigenvalue weighted by Gasteiger charge is 2.10. The molecule has 0 atom stereocenters. The van der Waals surface area contributed by atoms with Crippen LogP contribution in [0.3, 0.4) is 0 Å². The van der Waals surface area contributed by atoms with E-state index in [0.29, 0.717) is 21.2 Å². The van der Waals surface area contributed by atoms with Crippen LogP contribution in [0.4, 0.5) is 5.69 Å².